The molecular weight excluding hydrogens is 198 g/mol. The van der Waals surface area contributed by atoms with Crippen molar-refractivity contribution in [2.24, 2.45) is 5.92 Å². The van der Waals surface area contributed by atoms with Crippen LogP contribution in [0.5, 0.6) is 0 Å². The van der Waals surface area contributed by atoms with E-state index in [4.69, 9.17) is 0 Å². The number of nitrogens with one attached hydrogen (secondary N) is 1. The lowest BCUT2D eigenvalue weighted by Gasteiger charge is -2.20. The van der Waals surface area contributed by atoms with Crippen LogP contribution in [0.25, 0.3) is 0 Å². The van der Waals surface area contributed by atoms with Gasteiger partial charge < -0.3 is 10.2 Å². The molecule has 0 spiro atoms. The highest BCUT2D eigenvalue weighted by atomic mass is 15.1. The van der Waals surface area contributed by atoms with Crippen LogP contribution in [-0.2, 0) is 0 Å². The largest absolute Gasteiger partial charge is 0.384 e. The lowest BCUT2D eigenvalue weighted by molar-refractivity contribution is 0.585. The summed E-state index contributed by atoms with van der Waals surface area (Å²) >= 11 is 0. The van der Waals surface area contributed by atoms with Crippen molar-refractivity contribution in [3.63, 3.8) is 0 Å². The number of aromatic nitrogens is 1. The van der Waals surface area contributed by atoms with Crippen molar-refractivity contribution < 1.29 is 0 Å². The van der Waals surface area contributed by atoms with Crippen LogP contribution in [0.4, 0.5) is 11.4 Å². The summed E-state index contributed by atoms with van der Waals surface area (Å²) < 4.78 is 0. The summed E-state index contributed by atoms with van der Waals surface area (Å²) in [6.07, 6.45) is 4.99. The maximum Gasteiger partial charge on any atom is 0.0570 e. The molecular formula is C13H23N3. The topological polar surface area (TPSA) is 28.2 Å². The molecule has 1 heterocycles. The van der Waals surface area contributed by atoms with Gasteiger partial charge in [0.05, 0.1) is 23.8 Å². The molecule has 1 aromatic rings. The van der Waals surface area contributed by atoms with Gasteiger partial charge in [0.15, 0.2) is 0 Å². The molecule has 0 amide bonds. The second-order valence-corrected chi connectivity index (χ2v) is 4.57. The molecule has 0 aromatic carbocycles. The summed E-state index contributed by atoms with van der Waals surface area (Å²) in [5, 5.41) is 3.28. The minimum Gasteiger partial charge on any atom is -0.384 e. The first-order valence-corrected chi connectivity index (χ1v) is 6.03. The van der Waals surface area contributed by atoms with Crippen molar-refractivity contribution in [3.8, 4) is 0 Å². The van der Waals surface area contributed by atoms with Crippen LogP contribution >= 0.6 is 0 Å². The fourth-order valence-corrected chi connectivity index (χ4v) is 1.52. The van der Waals surface area contributed by atoms with E-state index in [1.54, 1.807) is 0 Å². The molecule has 0 aliphatic rings. The monoisotopic (exact) mass is 221 g/mol. The van der Waals surface area contributed by atoms with Crippen molar-refractivity contribution in [1.29, 1.82) is 0 Å². The molecule has 1 aromatic heterocycles. The Kier molecular flexibility index (Phi) is 5.09. The molecule has 90 valence electrons. The number of hydrogen-bond acceptors (Lipinski definition) is 3. The van der Waals surface area contributed by atoms with Crippen LogP contribution < -0.4 is 10.2 Å². The maximum absolute atomic E-state index is 4.25. The Bertz CT molecular complexity index is 310. The molecule has 0 saturated heterocycles. The van der Waals surface area contributed by atoms with E-state index in [0.29, 0.717) is 0 Å². The van der Waals surface area contributed by atoms with Crippen molar-refractivity contribution in [2.75, 3.05) is 30.4 Å². The Morgan fingerprint density at radius 1 is 1.38 bits per heavy atom. The number of pyridine rings is 1. The van der Waals surface area contributed by atoms with Gasteiger partial charge in [-0.25, -0.2) is 0 Å². The molecule has 0 aliphatic heterocycles. The molecule has 0 fully saturated rings. The van der Waals surface area contributed by atoms with E-state index in [0.717, 1.165) is 24.7 Å². The van der Waals surface area contributed by atoms with Gasteiger partial charge in [0.25, 0.3) is 0 Å². The molecule has 3 heteroatoms. The van der Waals surface area contributed by atoms with E-state index >= 15 is 0 Å². The van der Waals surface area contributed by atoms with Crippen molar-refractivity contribution in [1.82, 2.24) is 4.98 Å². The van der Waals surface area contributed by atoms with Gasteiger partial charge in [-0.2, -0.15) is 0 Å². The standard InChI is InChI=1S/C13H23N3/c1-5-15-12-8-13(10-14-9-12)16(4)7-6-11(2)3/h8-11,15H,5-7H2,1-4H3. The maximum atomic E-state index is 4.25. The average Bonchev–Trinajstić information content (AvgIpc) is 2.26. The van der Waals surface area contributed by atoms with Gasteiger partial charge in [0, 0.05) is 20.1 Å². The lowest BCUT2D eigenvalue weighted by atomic mass is 10.1. The highest BCUT2D eigenvalue weighted by Crippen LogP contribution is 2.17. The highest BCUT2D eigenvalue weighted by molar-refractivity contribution is 5.55. The second-order valence-electron chi connectivity index (χ2n) is 4.57. The SMILES string of the molecule is CCNc1cncc(N(C)CCC(C)C)c1. The molecule has 0 saturated carbocycles. The van der Waals surface area contributed by atoms with Crippen LogP contribution in [-0.4, -0.2) is 25.1 Å². The minimum atomic E-state index is 0.743. The number of anilines is 2. The predicted octanol–water partition coefficient (Wildman–Crippen LogP) is 3.00. The summed E-state index contributed by atoms with van der Waals surface area (Å²) in [5.41, 5.74) is 2.27. The Morgan fingerprint density at radius 3 is 2.75 bits per heavy atom. The molecule has 0 atom stereocenters. The molecule has 3 nitrogen and oxygen atoms in total. The van der Waals surface area contributed by atoms with Gasteiger partial charge in [-0.1, -0.05) is 13.8 Å². The van der Waals surface area contributed by atoms with Gasteiger partial charge in [-0.15, -0.1) is 0 Å². The van der Waals surface area contributed by atoms with Crippen LogP contribution in [0.1, 0.15) is 27.2 Å². The third-order valence-corrected chi connectivity index (χ3v) is 2.59. The van der Waals surface area contributed by atoms with Gasteiger partial charge in [0.1, 0.15) is 0 Å². The molecule has 1 rings (SSSR count). The van der Waals surface area contributed by atoms with E-state index in [-0.39, 0.29) is 0 Å². The number of nitrogens with zero attached hydrogens (tertiary/aromatic N) is 2. The Labute approximate surface area is 98.9 Å². The molecule has 0 unspecified atom stereocenters. The zero-order chi connectivity index (χ0) is 12.0. The Hall–Kier alpha value is -1.25. The quantitative estimate of drug-likeness (QED) is 0.800. The highest BCUT2D eigenvalue weighted by Gasteiger charge is 2.03. The first kappa shape index (κ1) is 12.8. The number of rotatable bonds is 6. The van der Waals surface area contributed by atoms with Gasteiger partial charge >= 0.3 is 0 Å². The molecule has 0 bridgehead atoms. The molecule has 0 aliphatic carbocycles. The molecule has 0 radical (unpaired) electrons. The fraction of sp³-hybridized carbons (Fsp3) is 0.615. The summed E-state index contributed by atoms with van der Waals surface area (Å²) in [6.45, 7) is 8.60. The predicted molar refractivity (Wildman–Crippen MR) is 71.1 cm³/mol. The average molecular weight is 221 g/mol. The zero-order valence-electron chi connectivity index (χ0n) is 10.8. The van der Waals surface area contributed by atoms with Crippen LogP contribution in [0.15, 0.2) is 18.5 Å². The third kappa shape index (κ3) is 4.09. The first-order valence-electron chi connectivity index (χ1n) is 6.03. The normalized spacial score (nSPS) is 10.6. The van der Waals surface area contributed by atoms with Crippen LogP contribution in [0.2, 0.25) is 0 Å². The first-order chi connectivity index (χ1) is 7.63. The van der Waals surface area contributed by atoms with E-state index < -0.39 is 0 Å². The lowest BCUT2D eigenvalue weighted by Crippen LogP contribution is -2.20. The van der Waals surface area contributed by atoms with Crippen molar-refractivity contribution >= 4 is 11.4 Å². The van der Waals surface area contributed by atoms with Gasteiger partial charge in [-0.3, -0.25) is 4.98 Å². The fourth-order valence-electron chi connectivity index (χ4n) is 1.52. The Balaban J connectivity index is 2.60. The smallest absolute Gasteiger partial charge is 0.0570 e. The summed E-state index contributed by atoms with van der Waals surface area (Å²) in [7, 11) is 2.12. The number of hydrogen-bond donors (Lipinski definition) is 1. The van der Waals surface area contributed by atoms with Crippen molar-refractivity contribution in [2.45, 2.75) is 27.2 Å². The van der Waals surface area contributed by atoms with E-state index in [9.17, 15) is 0 Å². The summed E-state index contributed by atoms with van der Waals surface area (Å²) in [6, 6.07) is 2.15. The van der Waals surface area contributed by atoms with Gasteiger partial charge in [0.2, 0.25) is 0 Å². The van der Waals surface area contributed by atoms with Gasteiger partial charge in [-0.05, 0) is 25.3 Å². The van der Waals surface area contributed by atoms with Crippen LogP contribution in [0.3, 0.4) is 0 Å². The molecule has 16 heavy (non-hydrogen) atoms. The summed E-state index contributed by atoms with van der Waals surface area (Å²) in [4.78, 5) is 6.51. The second kappa shape index (κ2) is 6.36. The minimum absolute atomic E-state index is 0.743. The van der Waals surface area contributed by atoms with E-state index in [1.807, 2.05) is 12.4 Å². The Morgan fingerprint density at radius 2 is 2.12 bits per heavy atom. The van der Waals surface area contributed by atoms with E-state index in [2.05, 4.69) is 49.1 Å². The zero-order valence-corrected chi connectivity index (χ0v) is 10.8. The molecule has 1 N–H and O–H groups in total. The van der Waals surface area contributed by atoms with Crippen molar-refractivity contribution in [3.05, 3.63) is 18.5 Å². The third-order valence-electron chi connectivity index (χ3n) is 2.59. The summed E-state index contributed by atoms with van der Waals surface area (Å²) in [5.74, 6) is 0.743. The van der Waals surface area contributed by atoms with Crippen LogP contribution in [0, 0.1) is 5.92 Å². The van der Waals surface area contributed by atoms with E-state index in [1.165, 1.54) is 12.1 Å².